The van der Waals surface area contributed by atoms with Gasteiger partial charge >= 0.3 is 0 Å². The molecule has 140 valence electrons. The standard InChI is InChI=1S/C21H23N3O3/c1-3-20-19(15-23-24(20)16-8-5-4-6-9-16)21(25)22-12-13-27-18-11-7-10-17(14-18)26-2/h4-11,14-15H,3,12-13H2,1-2H3,(H,22,25). The molecule has 3 aromatic rings. The van der Waals surface area contributed by atoms with E-state index in [2.05, 4.69) is 10.4 Å². The second kappa shape index (κ2) is 8.89. The molecule has 0 fully saturated rings. The number of ether oxygens (including phenoxy) is 2. The van der Waals surface area contributed by atoms with Crippen molar-refractivity contribution in [3.8, 4) is 17.2 Å². The first-order chi connectivity index (χ1) is 13.2. The van der Waals surface area contributed by atoms with Crippen LogP contribution in [0.1, 0.15) is 23.0 Å². The molecule has 2 aromatic carbocycles. The zero-order valence-electron chi connectivity index (χ0n) is 15.5. The van der Waals surface area contributed by atoms with Crippen LogP contribution in [-0.2, 0) is 6.42 Å². The first-order valence-corrected chi connectivity index (χ1v) is 8.90. The molecule has 0 saturated carbocycles. The van der Waals surface area contributed by atoms with Gasteiger partial charge in [-0.2, -0.15) is 5.10 Å². The number of rotatable bonds is 8. The number of benzene rings is 2. The van der Waals surface area contributed by atoms with E-state index in [0.717, 1.165) is 17.1 Å². The molecule has 27 heavy (non-hydrogen) atoms. The van der Waals surface area contributed by atoms with Crippen molar-refractivity contribution in [2.24, 2.45) is 0 Å². The van der Waals surface area contributed by atoms with Crippen LogP contribution >= 0.6 is 0 Å². The zero-order chi connectivity index (χ0) is 19.1. The molecule has 0 aliphatic heterocycles. The fraction of sp³-hybridized carbons (Fsp3) is 0.238. The van der Waals surface area contributed by atoms with Crippen LogP contribution in [0.15, 0.2) is 60.8 Å². The minimum absolute atomic E-state index is 0.150. The number of hydrogen-bond donors (Lipinski definition) is 1. The van der Waals surface area contributed by atoms with Crippen LogP contribution in [0.25, 0.3) is 5.69 Å². The Bertz CT molecular complexity index is 891. The van der Waals surface area contributed by atoms with E-state index in [9.17, 15) is 4.79 Å². The fourth-order valence-corrected chi connectivity index (χ4v) is 2.82. The van der Waals surface area contributed by atoms with Crippen LogP contribution in [0.2, 0.25) is 0 Å². The number of amides is 1. The Kier molecular flexibility index (Phi) is 6.10. The topological polar surface area (TPSA) is 65.4 Å². The van der Waals surface area contributed by atoms with Crippen molar-refractivity contribution in [1.29, 1.82) is 0 Å². The fourth-order valence-electron chi connectivity index (χ4n) is 2.82. The summed E-state index contributed by atoms with van der Waals surface area (Å²) in [5.41, 5.74) is 2.41. The molecule has 1 aromatic heterocycles. The summed E-state index contributed by atoms with van der Waals surface area (Å²) in [5, 5.41) is 7.27. The average molecular weight is 365 g/mol. The summed E-state index contributed by atoms with van der Waals surface area (Å²) in [6, 6.07) is 17.2. The quantitative estimate of drug-likeness (QED) is 0.623. The molecule has 3 rings (SSSR count). The summed E-state index contributed by atoms with van der Waals surface area (Å²) < 4.78 is 12.6. The molecular formula is C21H23N3O3. The summed E-state index contributed by atoms with van der Waals surface area (Å²) in [7, 11) is 1.61. The summed E-state index contributed by atoms with van der Waals surface area (Å²) in [5.74, 6) is 1.29. The van der Waals surface area contributed by atoms with Crippen LogP contribution in [0.5, 0.6) is 11.5 Å². The molecule has 0 atom stereocenters. The van der Waals surface area contributed by atoms with Gasteiger partial charge in [-0.25, -0.2) is 4.68 Å². The number of carbonyl (C=O) groups is 1. The lowest BCUT2D eigenvalue weighted by Gasteiger charge is -2.10. The molecule has 0 aliphatic rings. The second-order valence-electron chi connectivity index (χ2n) is 5.89. The number of nitrogens with zero attached hydrogens (tertiary/aromatic N) is 2. The van der Waals surface area contributed by atoms with Gasteiger partial charge in [-0.15, -0.1) is 0 Å². The van der Waals surface area contributed by atoms with E-state index in [1.165, 1.54) is 0 Å². The van der Waals surface area contributed by atoms with E-state index >= 15 is 0 Å². The van der Waals surface area contributed by atoms with Crippen molar-refractivity contribution in [3.63, 3.8) is 0 Å². The number of aromatic nitrogens is 2. The highest BCUT2D eigenvalue weighted by Gasteiger charge is 2.16. The first-order valence-electron chi connectivity index (χ1n) is 8.90. The summed E-state index contributed by atoms with van der Waals surface area (Å²) in [6.07, 6.45) is 2.32. The van der Waals surface area contributed by atoms with E-state index in [1.54, 1.807) is 19.4 Å². The van der Waals surface area contributed by atoms with Gasteiger partial charge in [0.2, 0.25) is 0 Å². The molecular weight excluding hydrogens is 342 g/mol. The maximum absolute atomic E-state index is 12.5. The normalized spacial score (nSPS) is 10.4. The Labute approximate surface area is 158 Å². The maximum Gasteiger partial charge on any atom is 0.254 e. The van der Waals surface area contributed by atoms with E-state index in [0.29, 0.717) is 30.9 Å². The lowest BCUT2D eigenvalue weighted by molar-refractivity contribution is 0.0946. The van der Waals surface area contributed by atoms with Gasteiger partial charge in [-0.1, -0.05) is 31.2 Å². The predicted octanol–water partition coefficient (Wildman–Crippen LogP) is 3.25. The van der Waals surface area contributed by atoms with Crippen molar-refractivity contribution in [3.05, 3.63) is 72.1 Å². The van der Waals surface area contributed by atoms with Gasteiger partial charge in [0.05, 0.1) is 36.8 Å². The third-order valence-corrected chi connectivity index (χ3v) is 4.15. The summed E-state index contributed by atoms with van der Waals surface area (Å²) >= 11 is 0. The van der Waals surface area contributed by atoms with E-state index in [-0.39, 0.29) is 5.91 Å². The van der Waals surface area contributed by atoms with Crippen molar-refractivity contribution in [2.75, 3.05) is 20.3 Å². The van der Waals surface area contributed by atoms with Gasteiger partial charge in [0, 0.05) is 6.07 Å². The molecule has 0 saturated heterocycles. The number of nitrogens with one attached hydrogen (secondary N) is 1. The molecule has 6 nitrogen and oxygen atoms in total. The number of carbonyl (C=O) groups excluding carboxylic acids is 1. The number of hydrogen-bond acceptors (Lipinski definition) is 4. The second-order valence-corrected chi connectivity index (χ2v) is 5.89. The van der Waals surface area contributed by atoms with Crippen molar-refractivity contribution in [2.45, 2.75) is 13.3 Å². The molecule has 0 bridgehead atoms. The van der Waals surface area contributed by atoms with E-state index in [4.69, 9.17) is 9.47 Å². The van der Waals surface area contributed by atoms with E-state index < -0.39 is 0 Å². The first kappa shape index (κ1) is 18.5. The van der Waals surface area contributed by atoms with Gasteiger partial charge in [0.15, 0.2) is 0 Å². The van der Waals surface area contributed by atoms with Crippen LogP contribution in [0.4, 0.5) is 0 Å². The zero-order valence-corrected chi connectivity index (χ0v) is 15.5. The van der Waals surface area contributed by atoms with Gasteiger partial charge in [0.25, 0.3) is 5.91 Å². The summed E-state index contributed by atoms with van der Waals surface area (Å²) in [4.78, 5) is 12.5. The van der Waals surface area contributed by atoms with Crippen LogP contribution in [0, 0.1) is 0 Å². The Morgan fingerprint density at radius 1 is 1.11 bits per heavy atom. The predicted molar refractivity (Wildman–Crippen MR) is 104 cm³/mol. The minimum Gasteiger partial charge on any atom is -0.497 e. The lowest BCUT2D eigenvalue weighted by atomic mass is 10.2. The number of para-hydroxylation sites is 1. The van der Waals surface area contributed by atoms with Crippen molar-refractivity contribution in [1.82, 2.24) is 15.1 Å². The third kappa shape index (κ3) is 4.47. The van der Waals surface area contributed by atoms with Gasteiger partial charge < -0.3 is 14.8 Å². The highest BCUT2D eigenvalue weighted by atomic mass is 16.5. The lowest BCUT2D eigenvalue weighted by Crippen LogP contribution is -2.28. The SMILES string of the molecule is CCc1c(C(=O)NCCOc2cccc(OC)c2)cnn1-c1ccccc1. The molecule has 1 amide bonds. The third-order valence-electron chi connectivity index (χ3n) is 4.15. The monoisotopic (exact) mass is 365 g/mol. The highest BCUT2D eigenvalue weighted by Crippen LogP contribution is 2.19. The van der Waals surface area contributed by atoms with Gasteiger partial charge in [-0.05, 0) is 30.7 Å². The molecule has 0 radical (unpaired) electrons. The highest BCUT2D eigenvalue weighted by molar-refractivity contribution is 5.95. The molecule has 1 N–H and O–H groups in total. The Hall–Kier alpha value is -3.28. The summed E-state index contributed by atoms with van der Waals surface area (Å²) in [6.45, 7) is 2.78. The molecule has 0 aliphatic carbocycles. The van der Waals surface area contributed by atoms with Gasteiger partial charge in [0.1, 0.15) is 18.1 Å². The minimum atomic E-state index is -0.150. The smallest absolute Gasteiger partial charge is 0.254 e. The Morgan fingerprint density at radius 2 is 1.89 bits per heavy atom. The average Bonchev–Trinajstić information content (AvgIpc) is 3.16. The van der Waals surface area contributed by atoms with Crippen LogP contribution < -0.4 is 14.8 Å². The Morgan fingerprint density at radius 3 is 2.63 bits per heavy atom. The maximum atomic E-state index is 12.5. The van der Waals surface area contributed by atoms with E-state index in [1.807, 2.05) is 60.1 Å². The Balaban J connectivity index is 1.59. The largest absolute Gasteiger partial charge is 0.497 e. The van der Waals surface area contributed by atoms with Crippen LogP contribution in [-0.4, -0.2) is 35.9 Å². The van der Waals surface area contributed by atoms with Crippen molar-refractivity contribution >= 4 is 5.91 Å². The molecule has 0 unspecified atom stereocenters. The van der Waals surface area contributed by atoms with Crippen LogP contribution in [0.3, 0.4) is 0 Å². The van der Waals surface area contributed by atoms with Crippen molar-refractivity contribution < 1.29 is 14.3 Å². The number of methoxy groups -OCH3 is 1. The van der Waals surface area contributed by atoms with Gasteiger partial charge in [-0.3, -0.25) is 4.79 Å². The molecule has 1 heterocycles. The molecule has 6 heteroatoms. The molecule has 0 spiro atoms.